The van der Waals surface area contributed by atoms with Crippen LogP contribution in [-0.4, -0.2) is 87.1 Å². The molecule has 1 heterocycles. The highest BCUT2D eigenvalue weighted by Gasteiger charge is 2.36. The van der Waals surface area contributed by atoms with Gasteiger partial charge in [-0.15, -0.1) is 0 Å². The predicted octanol–water partition coefficient (Wildman–Crippen LogP) is 13.3. The van der Waals surface area contributed by atoms with Crippen LogP contribution >= 0.6 is 7.82 Å². The van der Waals surface area contributed by atoms with Crippen molar-refractivity contribution in [2.45, 2.75) is 186 Å². The Hall–Kier alpha value is -2.85. The summed E-state index contributed by atoms with van der Waals surface area (Å²) in [5.74, 6) is -0.911. The second-order valence-corrected chi connectivity index (χ2v) is 19.0. The third kappa shape index (κ3) is 40.4. The highest BCUT2D eigenvalue weighted by atomic mass is 31.2. The summed E-state index contributed by atoms with van der Waals surface area (Å²) in [4.78, 5) is 35.5. The lowest BCUT2D eigenvalue weighted by molar-refractivity contribution is -0.870. The van der Waals surface area contributed by atoms with E-state index in [1.54, 1.807) is 0 Å². The summed E-state index contributed by atoms with van der Waals surface area (Å²) >= 11 is 0. The Morgan fingerprint density at radius 1 is 0.587 bits per heavy atom. The van der Waals surface area contributed by atoms with Crippen LogP contribution in [0.15, 0.2) is 85.1 Å². The van der Waals surface area contributed by atoms with Gasteiger partial charge in [0.15, 0.2) is 6.10 Å². The van der Waals surface area contributed by atoms with Crippen molar-refractivity contribution in [2.75, 3.05) is 47.5 Å². The summed E-state index contributed by atoms with van der Waals surface area (Å²) in [6.07, 6.45) is 54.0. The molecule has 4 atom stereocenters. The number of quaternary nitrogens is 1. The van der Waals surface area contributed by atoms with E-state index in [-0.39, 0.29) is 26.1 Å². The van der Waals surface area contributed by atoms with Crippen molar-refractivity contribution >= 4 is 19.8 Å². The fraction of sp³-hybridized carbons (Fsp3) is 0.692. The number of unbranched alkanes of at least 4 members (excludes halogenated alkanes) is 12. The molecule has 1 rings (SSSR count). The maximum atomic E-state index is 12.7. The molecule has 0 aliphatic carbocycles. The van der Waals surface area contributed by atoms with Gasteiger partial charge in [0, 0.05) is 12.8 Å². The molecule has 63 heavy (non-hydrogen) atoms. The summed E-state index contributed by atoms with van der Waals surface area (Å²) in [6.45, 7) is 4.18. The van der Waals surface area contributed by atoms with Crippen molar-refractivity contribution in [1.82, 2.24) is 0 Å². The van der Waals surface area contributed by atoms with E-state index >= 15 is 0 Å². The van der Waals surface area contributed by atoms with Gasteiger partial charge >= 0.3 is 19.8 Å². The fourth-order valence-electron chi connectivity index (χ4n) is 6.40. The molecule has 0 spiro atoms. The zero-order valence-corrected chi connectivity index (χ0v) is 41.1. The number of rotatable bonds is 42. The maximum absolute atomic E-state index is 12.7. The van der Waals surface area contributed by atoms with Gasteiger partial charge in [0.1, 0.15) is 19.8 Å². The van der Waals surface area contributed by atoms with Crippen LogP contribution in [0.1, 0.15) is 168 Å². The first kappa shape index (κ1) is 58.2. The summed E-state index contributed by atoms with van der Waals surface area (Å²) < 4.78 is 40.0. The highest BCUT2D eigenvalue weighted by molar-refractivity contribution is 7.47. The third-order valence-corrected chi connectivity index (χ3v) is 11.3. The first-order valence-electron chi connectivity index (χ1n) is 24.4. The number of esters is 2. The minimum atomic E-state index is -4.40. The Morgan fingerprint density at radius 2 is 1.08 bits per heavy atom. The molecule has 1 aliphatic heterocycles. The summed E-state index contributed by atoms with van der Waals surface area (Å²) in [6, 6.07) is 0. The molecule has 1 N–H and O–H groups in total. The first-order valence-corrected chi connectivity index (χ1v) is 25.9. The zero-order valence-electron chi connectivity index (χ0n) is 40.2. The van der Waals surface area contributed by atoms with Crippen molar-refractivity contribution in [1.29, 1.82) is 0 Å². The van der Waals surface area contributed by atoms with E-state index in [0.717, 1.165) is 70.6 Å². The van der Waals surface area contributed by atoms with Gasteiger partial charge in [0.25, 0.3) is 0 Å². The molecule has 11 heteroatoms. The number of epoxide rings is 1. The number of likely N-dealkylation sites (N-methyl/N-ethyl adjacent to an activating group) is 1. The van der Waals surface area contributed by atoms with Gasteiger partial charge in [-0.1, -0.05) is 157 Å². The van der Waals surface area contributed by atoms with Crippen molar-refractivity contribution in [3.8, 4) is 0 Å². The molecule has 10 nitrogen and oxygen atoms in total. The minimum absolute atomic E-state index is 0.0134. The Bertz CT molecular complexity index is 1410. The molecule has 3 unspecified atom stereocenters. The average Bonchev–Trinajstić information content (AvgIpc) is 3.99. The van der Waals surface area contributed by atoms with Crippen LogP contribution in [0.25, 0.3) is 0 Å². The number of phosphoric ester groups is 1. The van der Waals surface area contributed by atoms with Crippen LogP contribution in [0.2, 0.25) is 0 Å². The van der Waals surface area contributed by atoms with Crippen LogP contribution in [0.5, 0.6) is 0 Å². The van der Waals surface area contributed by atoms with E-state index < -0.39 is 32.5 Å². The molecule has 0 aromatic carbocycles. The summed E-state index contributed by atoms with van der Waals surface area (Å²) in [7, 11) is 1.42. The predicted molar refractivity (Wildman–Crippen MR) is 260 cm³/mol. The van der Waals surface area contributed by atoms with Gasteiger partial charge in [-0.3, -0.25) is 18.6 Å². The van der Waals surface area contributed by atoms with Gasteiger partial charge in [-0.2, -0.15) is 0 Å². The molecular formula is C52H89NO9P+. The lowest BCUT2D eigenvalue weighted by atomic mass is 10.1. The van der Waals surface area contributed by atoms with E-state index in [1.807, 2.05) is 33.3 Å². The minimum Gasteiger partial charge on any atom is -0.462 e. The Morgan fingerprint density at radius 3 is 1.63 bits per heavy atom. The van der Waals surface area contributed by atoms with Crippen LogP contribution in [-0.2, 0) is 37.4 Å². The van der Waals surface area contributed by atoms with E-state index in [9.17, 15) is 19.0 Å². The second-order valence-electron chi connectivity index (χ2n) is 17.5. The molecular weight excluding hydrogens is 814 g/mol. The number of hydrogen-bond acceptors (Lipinski definition) is 8. The van der Waals surface area contributed by atoms with Gasteiger partial charge < -0.3 is 23.6 Å². The van der Waals surface area contributed by atoms with Crippen molar-refractivity contribution < 1.29 is 46.8 Å². The fourth-order valence-corrected chi connectivity index (χ4v) is 7.15. The molecule has 0 aromatic heterocycles. The van der Waals surface area contributed by atoms with E-state index in [4.69, 9.17) is 23.3 Å². The van der Waals surface area contributed by atoms with E-state index in [1.165, 1.54) is 57.8 Å². The number of nitrogens with zero attached hydrogens (tertiary/aromatic N) is 1. The SMILES string of the molecule is CC/C=C\CC1OC1C/C=C\C/C=C\C/C=C\C/C=C\CCC(=O)OC[C@H](COP(=O)(O)OCC[N+](C)(C)C)OC(=O)CCCCCCCCCCC/C=C\C/C=C\CCCCC. The van der Waals surface area contributed by atoms with Crippen LogP contribution < -0.4 is 0 Å². The average molecular weight is 903 g/mol. The molecule has 1 aliphatic rings. The molecule has 1 saturated heterocycles. The molecule has 1 fully saturated rings. The van der Waals surface area contributed by atoms with Crippen LogP contribution in [0, 0.1) is 0 Å². The normalized spacial score (nSPS) is 17.4. The molecule has 0 amide bonds. The Kier molecular flexibility index (Phi) is 36.5. The highest BCUT2D eigenvalue weighted by Crippen LogP contribution is 2.43. The quantitative estimate of drug-likeness (QED) is 0.0159. The number of carbonyl (C=O) groups is 2. The topological polar surface area (TPSA) is 121 Å². The van der Waals surface area contributed by atoms with Gasteiger partial charge in [-0.05, 0) is 83.5 Å². The monoisotopic (exact) mass is 903 g/mol. The van der Waals surface area contributed by atoms with Crippen molar-refractivity contribution in [2.24, 2.45) is 0 Å². The largest absolute Gasteiger partial charge is 0.472 e. The Labute approximate surface area is 384 Å². The number of carbonyl (C=O) groups excluding carboxylic acids is 2. The maximum Gasteiger partial charge on any atom is 0.472 e. The Balaban J connectivity index is 2.29. The van der Waals surface area contributed by atoms with Crippen LogP contribution in [0.3, 0.4) is 0 Å². The van der Waals surface area contributed by atoms with E-state index in [2.05, 4.69) is 86.8 Å². The molecule has 0 saturated carbocycles. The lowest BCUT2D eigenvalue weighted by Crippen LogP contribution is -2.37. The van der Waals surface area contributed by atoms with Crippen molar-refractivity contribution in [3.05, 3.63) is 85.1 Å². The van der Waals surface area contributed by atoms with Crippen molar-refractivity contribution in [3.63, 3.8) is 0 Å². The number of hydrogen-bond donors (Lipinski definition) is 1. The molecule has 0 aromatic rings. The number of phosphoric acid groups is 1. The summed E-state index contributed by atoms with van der Waals surface area (Å²) in [5.41, 5.74) is 0. The van der Waals surface area contributed by atoms with Gasteiger partial charge in [-0.25, -0.2) is 4.57 Å². The van der Waals surface area contributed by atoms with Crippen LogP contribution in [0.4, 0.5) is 0 Å². The molecule has 0 bridgehead atoms. The van der Waals surface area contributed by atoms with Gasteiger partial charge in [0.2, 0.25) is 0 Å². The standard InChI is InChI=1S/C52H88NO9P/c1-6-8-10-11-12-13-14-15-16-17-18-19-20-21-26-29-32-35-39-43-52(55)61-48(47-60-63(56,57)59-45-44-53(3,4)5)46-58-51(54)42-38-34-31-28-25-23-22-24-27-30-33-37-41-50-49(62-50)40-36-9-7-2/h9,12-13,15-16,23-25,27,31,33-34,36-37,48-50H,6-8,10-11,14,17-22,26,28-30,32,35,38-47H2,1-5H3/p+1/b13-12-,16-15-,25-23-,27-24-,34-31-,36-9-,37-33-/t48-,49?,50?/m1/s1. The van der Waals surface area contributed by atoms with E-state index in [0.29, 0.717) is 36.1 Å². The third-order valence-electron chi connectivity index (χ3n) is 10.3. The number of allylic oxidation sites excluding steroid dienone is 12. The second kappa shape index (κ2) is 39.5. The first-order chi connectivity index (χ1) is 30.5. The lowest BCUT2D eigenvalue weighted by Gasteiger charge is -2.24. The molecule has 0 radical (unpaired) electrons. The summed E-state index contributed by atoms with van der Waals surface area (Å²) in [5, 5.41) is 0. The number of ether oxygens (including phenoxy) is 3. The van der Waals surface area contributed by atoms with Gasteiger partial charge in [0.05, 0.1) is 40.0 Å². The smallest absolute Gasteiger partial charge is 0.462 e. The zero-order chi connectivity index (χ0) is 46.1. The molecule has 360 valence electrons.